The van der Waals surface area contributed by atoms with Gasteiger partial charge in [0.15, 0.2) is 0 Å². The van der Waals surface area contributed by atoms with E-state index in [2.05, 4.69) is 123 Å². The van der Waals surface area contributed by atoms with E-state index >= 15 is 0 Å². The second-order valence-corrected chi connectivity index (χ2v) is 12.7. The monoisotopic (exact) mass is 559 g/mol. The molecule has 2 nitrogen and oxygen atoms in total. The predicted molar refractivity (Wildman–Crippen MR) is 159 cm³/mol. The highest BCUT2D eigenvalue weighted by Crippen LogP contribution is 2.45. The Labute approximate surface area is 227 Å². The molecule has 0 spiro atoms. The molecule has 0 amide bonds. The lowest BCUT2D eigenvalue weighted by molar-refractivity contribution is 0.589. The fourth-order valence-electron chi connectivity index (χ4n) is 4.56. The van der Waals surface area contributed by atoms with E-state index in [1.807, 2.05) is 18.2 Å². The number of fused-ring (bicyclic) bond motifs is 3. The van der Waals surface area contributed by atoms with E-state index in [4.69, 9.17) is 16.0 Å². The Balaban J connectivity index is 1.75. The van der Waals surface area contributed by atoms with Gasteiger partial charge >= 0.3 is 0 Å². The number of hydrogen-bond donors (Lipinski definition) is 0. The Morgan fingerprint density at radius 3 is 1.94 bits per heavy atom. The van der Waals surface area contributed by atoms with Gasteiger partial charge in [0.1, 0.15) is 11.2 Å². The lowest BCUT2D eigenvalue weighted by Crippen LogP contribution is -2.16. The highest BCUT2D eigenvalue weighted by atomic mass is 79.9. The van der Waals surface area contributed by atoms with Crippen molar-refractivity contribution in [2.45, 2.75) is 52.4 Å². The normalized spacial score (nSPS) is 12.4. The first-order chi connectivity index (χ1) is 16.9. The van der Waals surface area contributed by atoms with Crippen LogP contribution in [0.1, 0.15) is 52.7 Å². The number of halogens is 2. The van der Waals surface area contributed by atoms with Crippen LogP contribution in [0, 0.1) is 0 Å². The van der Waals surface area contributed by atoms with Crippen molar-refractivity contribution in [3.8, 4) is 0 Å². The van der Waals surface area contributed by atoms with Crippen molar-refractivity contribution in [1.82, 2.24) is 0 Å². The van der Waals surface area contributed by atoms with Crippen LogP contribution in [0.2, 0.25) is 5.02 Å². The average molecular weight is 561 g/mol. The molecule has 184 valence electrons. The maximum atomic E-state index is 6.98. The summed E-state index contributed by atoms with van der Waals surface area (Å²) in [5.41, 5.74) is 7.23. The summed E-state index contributed by atoms with van der Waals surface area (Å²) in [5.74, 6) is 0. The van der Waals surface area contributed by atoms with Gasteiger partial charge in [-0.15, -0.1) is 0 Å². The molecule has 0 saturated heterocycles. The number of nitrogens with zero attached hydrogens (tertiary/aromatic N) is 1. The standard InChI is InChI=1S/C32H31BrClNO/c1-31(2,3)20-11-13-22(14-12-20)35(27-18-21(32(4,5)6)17-26(33)30(27)34)23-15-16-25-24-9-7-8-10-28(24)36-29(25)19-23/h7-19H,1-6H3. The zero-order chi connectivity index (χ0) is 25.8. The lowest BCUT2D eigenvalue weighted by atomic mass is 9.86. The van der Waals surface area contributed by atoms with Crippen LogP contribution in [0.3, 0.4) is 0 Å². The van der Waals surface area contributed by atoms with E-state index < -0.39 is 0 Å². The van der Waals surface area contributed by atoms with Crippen LogP contribution in [0.5, 0.6) is 0 Å². The molecule has 4 aromatic carbocycles. The molecule has 5 rings (SSSR count). The van der Waals surface area contributed by atoms with Crippen LogP contribution in [0.15, 0.2) is 87.8 Å². The van der Waals surface area contributed by atoms with Crippen molar-refractivity contribution in [3.05, 3.63) is 99.5 Å². The molecular formula is C32H31BrClNO. The van der Waals surface area contributed by atoms with E-state index in [-0.39, 0.29) is 10.8 Å². The van der Waals surface area contributed by atoms with Gasteiger partial charge in [-0.2, -0.15) is 0 Å². The van der Waals surface area contributed by atoms with E-state index in [0.29, 0.717) is 5.02 Å². The summed E-state index contributed by atoms with van der Waals surface area (Å²) in [4.78, 5) is 2.22. The maximum Gasteiger partial charge on any atom is 0.137 e. The SMILES string of the molecule is CC(C)(C)c1ccc(N(c2ccc3c(c2)oc2ccccc23)c2cc(C(C)(C)C)cc(Br)c2Cl)cc1. The van der Waals surface area contributed by atoms with Gasteiger partial charge < -0.3 is 9.32 Å². The zero-order valence-corrected chi connectivity index (χ0v) is 24.0. The van der Waals surface area contributed by atoms with E-state index in [1.165, 1.54) is 11.1 Å². The minimum absolute atomic E-state index is 0.0354. The zero-order valence-electron chi connectivity index (χ0n) is 21.6. The number of benzene rings is 4. The van der Waals surface area contributed by atoms with Crippen LogP contribution >= 0.6 is 27.5 Å². The van der Waals surface area contributed by atoms with Crippen molar-refractivity contribution >= 4 is 66.5 Å². The van der Waals surface area contributed by atoms with Crippen LogP contribution in [0.4, 0.5) is 17.1 Å². The fraction of sp³-hybridized carbons (Fsp3) is 0.250. The molecule has 0 aliphatic rings. The molecule has 36 heavy (non-hydrogen) atoms. The van der Waals surface area contributed by atoms with Gasteiger partial charge in [-0.25, -0.2) is 0 Å². The largest absolute Gasteiger partial charge is 0.456 e. The molecule has 0 atom stereocenters. The molecule has 4 heteroatoms. The lowest BCUT2D eigenvalue weighted by Gasteiger charge is -2.30. The molecule has 0 aliphatic heterocycles. The van der Waals surface area contributed by atoms with Crippen LogP contribution in [-0.4, -0.2) is 0 Å². The van der Waals surface area contributed by atoms with Gasteiger partial charge in [0.2, 0.25) is 0 Å². The number of anilines is 3. The summed E-state index contributed by atoms with van der Waals surface area (Å²) in [5, 5.41) is 2.90. The molecule has 5 aromatic rings. The second kappa shape index (κ2) is 8.97. The van der Waals surface area contributed by atoms with Gasteiger partial charge in [-0.3, -0.25) is 0 Å². The van der Waals surface area contributed by atoms with Crippen molar-refractivity contribution in [1.29, 1.82) is 0 Å². The summed E-state index contributed by atoms with van der Waals surface area (Å²) < 4.78 is 7.12. The average Bonchev–Trinajstić information content (AvgIpc) is 3.19. The molecule has 1 aromatic heterocycles. The van der Waals surface area contributed by atoms with Crippen molar-refractivity contribution in [2.75, 3.05) is 4.90 Å². The van der Waals surface area contributed by atoms with E-state index in [9.17, 15) is 0 Å². The van der Waals surface area contributed by atoms with E-state index in [0.717, 1.165) is 43.5 Å². The van der Waals surface area contributed by atoms with Gasteiger partial charge in [-0.1, -0.05) is 83.5 Å². The number of hydrogen-bond acceptors (Lipinski definition) is 2. The molecule has 0 bridgehead atoms. The third-order valence-corrected chi connectivity index (χ3v) is 7.98. The Kier molecular flexibility index (Phi) is 6.21. The summed E-state index contributed by atoms with van der Waals surface area (Å²) >= 11 is 10.7. The Morgan fingerprint density at radius 1 is 0.667 bits per heavy atom. The summed E-state index contributed by atoms with van der Waals surface area (Å²) in [6.45, 7) is 13.3. The molecule has 0 saturated carbocycles. The molecular weight excluding hydrogens is 530 g/mol. The first kappa shape index (κ1) is 24.9. The number of furan rings is 1. The molecule has 1 heterocycles. The molecule has 0 N–H and O–H groups in total. The first-order valence-corrected chi connectivity index (χ1v) is 13.4. The van der Waals surface area contributed by atoms with Crippen molar-refractivity contribution in [2.24, 2.45) is 0 Å². The quantitative estimate of drug-likeness (QED) is 0.218. The van der Waals surface area contributed by atoms with Crippen LogP contribution < -0.4 is 4.90 Å². The first-order valence-electron chi connectivity index (χ1n) is 12.2. The van der Waals surface area contributed by atoms with Crippen molar-refractivity contribution in [3.63, 3.8) is 0 Å². The molecule has 0 radical (unpaired) electrons. The smallest absolute Gasteiger partial charge is 0.137 e. The minimum atomic E-state index is -0.0354. The Morgan fingerprint density at radius 2 is 1.28 bits per heavy atom. The van der Waals surface area contributed by atoms with Gasteiger partial charge in [0.25, 0.3) is 0 Å². The fourth-order valence-corrected chi connectivity index (χ4v) is 5.21. The minimum Gasteiger partial charge on any atom is -0.456 e. The van der Waals surface area contributed by atoms with Gasteiger partial charge in [-0.05, 0) is 80.4 Å². The number of para-hydroxylation sites is 1. The van der Waals surface area contributed by atoms with Gasteiger partial charge in [0, 0.05) is 32.7 Å². The molecule has 0 aliphatic carbocycles. The highest BCUT2D eigenvalue weighted by molar-refractivity contribution is 9.10. The topological polar surface area (TPSA) is 16.4 Å². The third-order valence-electron chi connectivity index (χ3n) is 6.73. The van der Waals surface area contributed by atoms with Crippen LogP contribution in [0.25, 0.3) is 21.9 Å². The molecule has 0 unspecified atom stereocenters. The second-order valence-electron chi connectivity index (χ2n) is 11.5. The Bertz CT molecular complexity index is 1570. The van der Waals surface area contributed by atoms with Crippen molar-refractivity contribution < 1.29 is 4.42 Å². The Hall–Kier alpha value is -2.75. The summed E-state index contributed by atoms with van der Waals surface area (Å²) in [7, 11) is 0. The van der Waals surface area contributed by atoms with E-state index in [1.54, 1.807) is 0 Å². The van der Waals surface area contributed by atoms with Gasteiger partial charge in [0.05, 0.1) is 10.7 Å². The predicted octanol–water partition coefficient (Wildman–Crippen LogP) is 11.1. The number of rotatable bonds is 3. The van der Waals surface area contributed by atoms with Crippen LogP contribution in [-0.2, 0) is 10.8 Å². The third kappa shape index (κ3) is 4.55. The highest BCUT2D eigenvalue weighted by Gasteiger charge is 2.24. The summed E-state index contributed by atoms with van der Waals surface area (Å²) in [6, 6.07) is 27.7. The summed E-state index contributed by atoms with van der Waals surface area (Å²) in [6.07, 6.45) is 0. The molecule has 0 fully saturated rings. The maximum absolute atomic E-state index is 6.98.